The van der Waals surface area contributed by atoms with Crippen LogP contribution in [0.5, 0.6) is 0 Å². The number of ether oxygens (including phenoxy) is 4. The van der Waals surface area contributed by atoms with Gasteiger partial charge in [-0.25, -0.2) is 0 Å². The highest BCUT2D eigenvalue weighted by Gasteiger charge is 2.63. The largest absolute Gasteiger partial charge is 0.379 e. The summed E-state index contributed by atoms with van der Waals surface area (Å²) in [5.74, 6) is 0. The Morgan fingerprint density at radius 3 is 2.71 bits per heavy atom. The zero-order chi connectivity index (χ0) is 10.3. The van der Waals surface area contributed by atoms with Gasteiger partial charge in [0, 0.05) is 14.2 Å². The lowest BCUT2D eigenvalue weighted by molar-refractivity contribution is -0.173. The molecule has 2 aliphatic rings. The van der Waals surface area contributed by atoms with E-state index >= 15 is 0 Å². The Kier molecular flexibility index (Phi) is 2.60. The van der Waals surface area contributed by atoms with Crippen LogP contribution in [0.2, 0.25) is 0 Å². The first-order chi connectivity index (χ1) is 6.65. The van der Waals surface area contributed by atoms with Gasteiger partial charge < -0.3 is 18.9 Å². The summed E-state index contributed by atoms with van der Waals surface area (Å²) in [5, 5.41) is 0. The monoisotopic (exact) mass is 200 g/mol. The van der Waals surface area contributed by atoms with Crippen molar-refractivity contribution < 1.29 is 18.9 Å². The molecule has 0 aromatic carbocycles. The van der Waals surface area contributed by atoms with Crippen LogP contribution in [0.3, 0.4) is 0 Å². The molecular weight excluding hydrogens is 183 g/mol. The van der Waals surface area contributed by atoms with Crippen molar-refractivity contribution in [3.05, 3.63) is 0 Å². The highest BCUT2D eigenvalue weighted by atomic mass is 16.7. The topological polar surface area (TPSA) is 36.9 Å². The van der Waals surface area contributed by atoms with Crippen LogP contribution in [0, 0.1) is 0 Å². The van der Waals surface area contributed by atoms with Crippen molar-refractivity contribution in [2.45, 2.75) is 36.8 Å². The van der Waals surface area contributed by atoms with Crippen molar-refractivity contribution in [3.8, 4) is 0 Å². The Bertz CT molecular complexity index is 225. The lowest BCUT2D eigenvalue weighted by atomic mass is 9.89. The van der Waals surface area contributed by atoms with Gasteiger partial charge >= 0.3 is 0 Å². The van der Waals surface area contributed by atoms with Gasteiger partial charge in [-0.3, -0.25) is 0 Å². The zero-order valence-corrected chi connectivity index (χ0v) is 9.15. The summed E-state index contributed by atoms with van der Waals surface area (Å²) >= 11 is 0. The number of rotatable bonds is 3. The van der Waals surface area contributed by atoms with Gasteiger partial charge in [0.15, 0.2) is 0 Å². The Morgan fingerprint density at radius 2 is 2.21 bits per heavy atom. The highest BCUT2D eigenvalue weighted by Crippen LogP contribution is 2.43. The molecule has 0 aliphatic carbocycles. The number of methoxy groups -OCH3 is 2. The summed E-state index contributed by atoms with van der Waals surface area (Å²) in [7, 11) is 5.40. The molecule has 2 heterocycles. The van der Waals surface area contributed by atoms with E-state index in [1.807, 2.05) is 14.8 Å². The third-order valence-electron chi connectivity index (χ3n) is 3.44. The summed E-state index contributed by atoms with van der Waals surface area (Å²) in [6.07, 6.45) is 0.0347. The predicted molar refractivity (Wildman–Crippen MR) is 53.2 cm³/mol. The lowest BCUT2D eigenvalue weighted by Crippen LogP contribution is -2.51. The molecule has 0 aromatic rings. The maximum atomic E-state index is 5.93. The zero-order valence-electron chi connectivity index (χ0n) is 9.15. The van der Waals surface area contributed by atoms with Gasteiger partial charge in [-0.05, 0) is 6.92 Å². The summed E-state index contributed by atoms with van der Waals surface area (Å²) in [6, 6.07) is 0.0892. The molecule has 3 unspecified atom stereocenters. The second-order valence-electron chi connectivity index (χ2n) is 4.09. The molecule has 0 aromatic heterocycles. The molecule has 4 nitrogen and oxygen atoms in total. The van der Waals surface area contributed by atoms with Crippen LogP contribution < -0.4 is 0 Å². The Labute approximate surface area is 85.3 Å². The summed E-state index contributed by atoms with van der Waals surface area (Å²) < 4.78 is 22.4. The molecule has 2 fully saturated rings. The predicted octanol–water partition coefficient (Wildman–Crippen LogP) is -0.837. The fraction of sp³-hybridized carbons (Fsp3) is 1.00. The minimum Gasteiger partial charge on any atom is -0.379 e. The first kappa shape index (κ1) is 10.4. The summed E-state index contributed by atoms with van der Waals surface area (Å²) in [6.45, 7) is 2.56. The molecule has 0 N–H and O–H groups in total. The first-order valence-electron chi connectivity index (χ1n) is 5.00. The molecule has 2 rings (SSSR count). The lowest BCUT2D eigenvalue weighted by Gasteiger charge is -2.34. The van der Waals surface area contributed by atoms with E-state index in [0.29, 0.717) is 6.61 Å². The smallest absolute Gasteiger partial charge is 0.145 e. The van der Waals surface area contributed by atoms with Crippen LogP contribution in [0.1, 0.15) is 6.92 Å². The molecule has 5 atom stereocenters. The quantitative estimate of drug-likeness (QED) is 0.557. The van der Waals surface area contributed by atoms with E-state index in [0.717, 1.165) is 0 Å². The van der Waals surface area contributed by atoms with Gasteiger partial charge in [0.1, 0.15) is 25.7 Å². The van der Waals surface area contributed by atoms with Crippen molar-refractivity contribution in [2.24, 2.45) is 0 Å². The molecule has 0 spiro atoms. The van der Waals surface area contributed by atoms with E-state index < -0.39 is 5.60 Å². The summed E-state index contributed by atoms with van der Waals surface area (Å²) in [5.41, 5.74) is -0.409. The average Bonchev–Trinajstić information content (AvgIpc) is 2.68. The second kappa shape index (κ2) is 3.49. The molecule has 2 aliphatic heterocycles. The maximum absolute atomic E-state index is 5.93. The maximum Gasteiger partial charge on any atom is 0.145 e. The molecule has 2 saturated heterocycles. The first-order valence-corrected chi connectivity index (χ1v) is 5.00. The van der Waals surface area contributed by atoms with Crippen molar-refractivity contribution in [3.63, 3.8) is 0 Å². The summed E-state index contributed by atoms with van der Waals surface area (Å²) in [4.78, 5) is 0. The molecule has 14 heavy (non-hydrogen) atoms. The van der Waals surface area contributed by atoms with E-state index in [9.17, 15) is 0 Å². The molecule has 0 amide bonds. The van der Waals surface area contributed by atoms with E-state index in [4.69, 9.17) is 18.9 Å². The van der Waals surface area contributed by atoms with Gasteiger partial charge in [0.05, 0.1) is 18.7 Å². The number of hydrogen-bond donors (Lipinski definition) is 0. The van der Waals surface area contributed by atoms with Crippen molar-refractivity contribution >= 4 is 7.85 Å². The van der Waals surface area contributed by atoms with Crippen LogP contribution >= 0.6 is 0 Å². The fourth-order valence-electron chi connectivity index (χ4n) is 2.55. The van der Waals surface area contributed by atoms with Crippen molar-refractivity contribution in [1.82, 2.24) is 0 Å². The Balaban J connectivity index is 2.24. The van der Waals surface area contributed by atoms with Crippen LogP contribution in [0.25, 0.3) is 0 Å². The SMILES string of the molecule is B[C@@H]1O[C@@]2(C(C)OC)COC1C2OC. The average molecular weight is 200 g/mol. The third kappa shape index (κ3) is 1.16. The van der Waals surface area contributed by atoms with Crippen molar-refractivity contribution in [2.75, 3.05) is 20.8 Å². The molecule has 0 radical (unpaired) electrons. The van der Waals surface area contributed by atoms with Crippen LogP contribution in [0.4, 0.5) is 0 Å². The number of hydrogen-bond acceptors (Lipinski definition) is 4. The van der Waals surface area contributed by atoms with Gasteiger partial charge in [-0.15, -0.1) is 0 Å². The Morgan fingerprint density at radius 1 is 1.50 bits per heavy atom. The second-order valence-corrected chi connectivity index (χ2v) is 4.09. The van der Waals surface area contributed by atoms with Gasteiger partial charge in [-0.2, -0.15) is 0 Å². The molecule has 0 saturated carbocycles. The van der Waals surface area contributed by atoms with Gasteiger partial charge in [0.2, 0.25) is 0 Å². The van der Waals surface area contributed by atoms with E-state index in [-0.39, 0.29) is 24.3 Å². The van der Waals surface area contributed by atoms with E-state index in [1.54, 1.807) is 14.2 Å². The van der Waals surface area contributed by atoms with Crippen LogP contribution in [0.15, 0.2) is 0 Å². The normalized spacial score (nSPS) is 48.4. The number of fused-ring (bicyclic) bond motifs is 2. The fourth-order valence-corrected chi connectivity index (χ4v) is 2.55. The molecular formula is C9H17BO4. The Hall–Kier alpha value is -0.0951. The molecule has 5 heteroatoms. The van der Waals surface area contributed by atoms with Crippen LogP contribution in [-0.2, 0) is 18.9 Å². The van der Waals surface area contributed by atoms with E-state index in [1.165, 1.54) is 0 Å². The van der Waals surface area contributed by atoms with Gasteiger partial charge in [-0.1, -0.05) is 0 Å². The molecule has 80 valence electrons. The van der Waals surface area contributed by atoms with Crippen LogP contribution in [-0.4, -0.2) is 58.6 Å². The minimum atomic E-state index is -0.409. The molecule has 2 bridgehead atoms. The third-order valence-corrected chi connectivity index (χ3v) is 3.44. The van der Waals surface area contributed by atoms with Gasteiger partial charge in [0.25, 0.3) is 0 Å². The highest BCUT2D eigenvalue weighted by molar-refractivity contribution is 6.11. The van der Waals surface area contributed by atoms with E-state index in [2.05, 4.69) is 0 Å². The minimum absolute atomic E-state index is 0.00699. The van der Waals surface area contributed by atoms with Crippen molar-refractivity contribution in [1.29, 1.82) is 0 Å². The standard InChI is InChI=1S/C9H17BO4/c1-5(11-2)9-4-13-6(7(9)12-3)8(10)14-9/h5-8H,4,10H2,1-3H3/t5?,6?,7?,8-,9-/m1/s1.